The molecular formula is C16H28O8. The van der Waals surface area contributed by atoms with E-state index < -0.39 is 11.9 Å². The highest BCUT2D eigenvalue weighted by Crippen LogP contribution is 2.07. The van der Waals surface area contributed by atoms with Gasteiger partial charge in [-0.1, -0.05) is 0 Å². The van der Waals surface area contributed by atoms with Gasteiger partial charge in [0.05, 0.1) is 39.6 Å². The summed E-state index contributed by atoms with van der Waals surface area (Å²) in [6.45, 7) is 5.60. The minimum absolute atomic E-state index is 0.107. The van der Waals surface area contributed by atoms with Gasteiger partial charge < -0.3 is 28.4 Å². The van der Waals surface area contributed by atoms with Crippen LogP contribution in [0, 0.1) is 0 Å². The lowest BCUT2D eigenvalue weighted by Gasteiger charge is -2.09. The van der Waals surface area contributed by atoms with E-state index in [0.717, 1.165) is 0 Å². The summed E-state index contributed by atoms with van der Waals surface area (Å²) in [7, 11) is 3.15. The molecule has 0 spiro atoms. The van der Waals surface area contributed by atoms with E-state index in [2.05, 4.69) is 0 Å². The maximum Gasteiger partial charge on any atom is 0.334 e. The number of carbonyl (C=O) groups is 2. The minimum Gasteiger partial charge on any atom is -0.460 e. The van der Waals surface area contributed by atoms with Crippen molar-refractivity contribution in [2.45, 2.75) is 13.8 Å². The zero-order valence-electron chi connectivity index (χ0n) is 14.9. The van der Waals surface area contributed by atoms with Crippen molar-refractivity contribution >= 4 is 11.9 Å². The summed E-state index contributed by atoms with van der Waals surface area (Å²) in [4.78, 5) is 23.6. The Morgan fingerprint density at radius 1 is 0.583 bits per heavy atom. The fourth-order valence-corrected chi connectivity index (χ4v) is 1.40. The van der Waals surface area contributed by atoms with Crippen molar-refractivity contribution in [2.24, 2.45) is 0 Å². The van der Waals surface area contributed by atoms with Crippen LogP contribution in [0.1, 0.15) is 13.8 Å². The van der Waals surface area contributed by atoms with Gasteiger partial charge in [0.25, 0.3) is 0 Å². The van der Waals surface area contributed by atoms with Crippen LogP contribution in [0.5, 0.6) is 0 Å². The number of ether oxygens (including phenoxy) is 6. The number of hydrogen-bond acceptors (Lipinski definition) is 8. The Hall–Kier alpha value is -1.48. The molecule has 0 aliphatic rings. The van der Waals surface area contributed by atoms with Gasteiger partial charge in [0.1, 0.15) is 13.2 Å². The van der Waals surface area contributed by atoms with Gasteiger partial charge in [0.2, 0.25) is 0 Å². The summed E-state index contributed by atoms with van der Waals surface area (Å²) in [5, 5.41) is 0. The number of esters is 2. The Bertz CT molecular complexity index is 356. The lowest BCUT2D eigenvalue weighted by Crippen LogP contribution is -2.18. The smallest absolute Gasteiger partial charge is 0.334 e. The summed E-state index contributed by atoms with van der Waals surface area (Å²) in [6, 6.07) is 0. The SMILES string of the molecule is COCCOCCOC(=O)/C(C)=C(/C)C(=O)OCCOCCOC. The topological polar surface area (TPSA) is 89.5 Å². The highest BCUT2D eigenvalue weighted by atomic mass is 16.6. The first-order chi connectivity index (χ1) is 11.5. The molecule has 0 amide bonds. The Morgan fingerprint density at radius 2 is 0.917 bits per heavy atom. The van der Waals surface area contributed by atoms with Crippen LogP contribution < -0.4 is 0 Å². The van der Waals surface area contributed by atoms with Crippen molar-refractivity contribution in [3.63, 3.8) is 0 Å². The fourth-order valence-electron chi connectivity index (χ4n) is 1.40. The van der Waals surface area contributed by atoms with Crippen LogP contribution in [0.3, 0.4) is 0 Å². The summed E-state index contributed by atoms with van der Waals surface area (Å²) >= 11 is 0. The van der Waals surface area contributed by atoms with Crippen LogP contribution in [0.2, 0.25) is 0 Å². The predicted molar refractivity (Wildman–Crippen MR) is 85.7 cm³/mol. The second-order valence-electron chi connectivity index (χ2n) is 4.73. The van der Waals surface area contributed by atoms with E-state index in [0.29, 0.717) is 26.4 Å². The molecule has 0 atom stereocenters. The van der Waals surface area contributed by atoms with Gasteiger partial charge in [-0.15, -0.1) is 0 Å². The molecule has 0 N–H and O–H groups in total. The summed E-state index contributed by atoms with van der Waals surface area (Å²) in [6.07, 6.45) is 0. The Balaban J connectivity index is 4.01. The molecule has 8 heteroatoms. The molecule has 0 unspecified atom stereocenters. The van der Waals surface area contributed by atoms with E-state index in [-0.39, 0.29) is 37.6 Å². The lowest BCUT2D eigenvalue weighted by molar-refractivity contribution is -0.143. The van der Waals surface area contributed by atoms with Crippen LogP contribution in [-0.2, 0) is 38.0 Å². The largest absolute Gasteiger partial charge is 0.460 e. The molecule has 0 aromatic carbocycles. The van der Waals surface area contributed by atoms with Crippen molar-refractivity contribution in [3.05, 3.63) is 11.1 Å². The molecule has 0 fully saturated rings. The molecule has 0 aliphatic carbocycles. The molecule has 8 nitrogen and oxygen atoms in total. The second kappa shape index (κ2) is 15.1. The van der Waals surface area contributed by atoms with Gasteiger partial charge in [-0.05, 0) is 13.8 Å². The van der Waals surface area contributed by atoms with E-state index in [1.807, 2.05) is 0 Å². The van der Waals surface area contributed by atoms with Crippen molar-refractivity contribution in [2.75, 3.05) is 67.1 Å². The molecule has 0 aromatic rings. The van der Waals surface area contributed by atoms with Crippen molar-refractivity contribution in [1.29, 1.82) is 0 Å². The van der Waals surface area contributed by atoms with Gasteiger partial charge >= 0.3 is 11.9 Å². The monoisotopic (exact) mass is 348 g/mol. The molecule has 0 rings (SSSR count). The number of carbonyl (C=O) groups excluding carboxylic acids is 2. The van der Waals surface area contributed by atoms with E-state index >= 15 is 0 Å². The van der Waals surface area contributed by atoms with Gasteiger partial charge in [-0.3, -0.25) is 0 Å². The Labute approximate surface area is 143 Å². The van der Waals surface area contributed by atoms with Gasteiger partial charge in [0, 0.05) is 25.4 Å². The first-order valence-corrected chi connectivity index (χ1v) is 7.69. The molecule has 24 heavy (non-hydrogen) atoms. The van der Waals surface area contributed by atoms with E-state index in [1.54, 1.807) is 14.2 Å². The molecular weight excluding hydrogens is 320 g/mol. The van der Waals surface area contributed by atoms with Crippen LogP contribution in [0.15, 0.2) is 11.1 Å². The first-order valence-electron chi connectivity index (χ1n) is 7.69. The average molecular weight is 348 g/mol. The molecule has 140 valence electrons. The van der Waals surface area contributed by atoms with Crippen molar-refractivity contribution in [3.8, 4) is 0 Å². The first kappa shape index (κ1) is 22.5. The zero-order valence-corrected chi connectivity index (χ0v) is 14.9. The number of hydrogen-bond donors (Lipinski definition) is 0. The minimum atomic E-state index is -0.573. The van der Waals surface area contributed by atoms with Crippen LogP contribution in [0.4, 0.5) is 0 Å². The predicted octanol–water partition coefficient (Wildman–Crippen LogP) is 0.735. The number of rotatable bonds is 14. The van der Waals surface area contributed by atoms with Crippen LogP contribution in [0.25, 0.3) is 0 Å². The van der Waals surface area contributed by atoms with E-state index in [9.17, 15) is 9.59 Å². The maximum absolute atomic E-state index is 11.8. The quantitative estimate of drug-likeness (QED) is 0.258. The fraction of sp³-hybridized carbons (Fsp3) is 0.750. The van der Waals surface area contributed by atoms with Gasteiger partial charge in [-0.25, -0.2) is 9.59 Å². The maximum atomic E-state index is 11.8. The van der Waals surface area contributed by atoms with Crippen molar-refractivity contribution < 1.29 is 38.0 Å². The molecule has 0 heterocycles. The molecule has 0 bridgehead atoms. The molecule has 0 saturated carbocycles. The third-order valence-electron chi connectivity index (χ3n) is 2.96. The normalized spacial score (nSPS) is 11.8. The third kappa shape index (κ3) is 11.1. The van der Waals surface area contributed by atoms with E-state index in [4.69, 9.17) is 28.4 Å². The summed E-state index contributed by atoms with van der Waals surface area (Å²) < 4.78 is 30.0. The Morgan fingerprint density at radius 3 is 1.25 bits per heavy atom. The van der Waals surface area contributed by atoms with Crippen LogP contribution >= 0.6 is 0 Å². The third-order valence-corrected chi connectivity index (χ3v) is 2.96. The van der Waals surface area contributed by atoms with Crippen LogP contribution in [-0.4, -0.2) is 79.0 Å². The molecule has 0 aliphatic heterocycles. The van der Waals surface area contributed by atoms with Gasteiger partial charge in [-0.2, -0.15) is 0 Å². The molecule has 0 aromatic heterocycles. The molecule has 0 saturated heterocycles. The lowest BCUT2D eigenvalue weighted by atomic mass is 10.1. The summed E-state index contributed by atoms with van der Waals surface area (Å²) in [5.41, 5.74) is 0.411. The number of methoxy groups -OCH3 is 2. The molecule has 0 radical (unpaired) electrons. The van der Waals surface area contributed by atoms with E-state index in [1.165, 1.54) is 13.8 Å². The summed E-state index contributed by atoms with van der Waals surface area (Å²) in [5.74, 6) is -1.15. The standard InChI is InChI=1S/C16H28O8/c1-13(15(17)23-11-9-21-7-5-19-3)14(2)16(18)24-12-10-22-8-6-20-4/h5-12H2,1-4H3/b14-13-. The highest BCUT2D eigenvalue weighted by Gasteiger charge is 2.16. The highest BCUT2D eigenvalue weighted by molar-refractivity contribution is 5.99. The second-order valence-corrected chi connectivity index (χ2v) is 4.73. The average Bonchev–Trinajstić information content (AvgIpc) is 2.59. The van der Waals surface area contributed by atoms with Gasteiger partial charge in [0.15, 0.2) is 0 Å². The zero-order chi connectivity index (χ0) is 18.2. The van der Waals surface area contributed by atoms with Crippen molar-refractivity contribution in [1.82, 2.24) is 0 Å². The Kier molecular flexibility index (Phi) is 14.1.